The molecule has 0 bridgehead atoms. The summed E-state index contributed by atoms with van der Waals surface area (Å²) in [4.78, 5) is 4.89. The quantitative estimate of drug-likeness (QED) is 0.485. The van der Waals surface area contributed by atoms with Crippen LogP contribution in [0.5, 0.6) is 0 Å². The Morgan fingerprint density at radius 3 is 2.38 bits per heavy atom. The normalized spacial score (nSPS) is 18.8. The Kier molecular flexibility index (Phi) is 6.66. The molecule has 1 aliphatic rings. The van der Waals surface area contributed by atoms with E-state index in [4.69, 9.17) is 5.73 Å². The van der Waals surface area contributed by atoms with Crippen LogP contribution in [-0.4, -0.2) is 32.2 Å². The van der Waals surface area contributed by atoms with E-state index in [-0.39, 0.29) is 17.8 Å². The number of aliphatic imine (C=N–C) groups is 1. The maximum atomic E-state index is 12.5. The van der Waals surface area contributed by atoms with Gasteiger partial charge in [0.2, 0.25) is 0 Å². The first kappa shape index (κ1) is 18.8. The molecule has 0 saturated heterocycles. The minimum absolute atomic E-state index is 0.00303. The molecule has 0 aliphatic heterocycles. The van der Waals surface area contributed by atoms with Gasteiger partial charge in [0.05, 0.1) is 16.7 Å². The first-order valence-electron chi connectivity index (χ1n) is 8.76. The summed E-state index contributed by atoms with van der Waals surface area (Å²) in [5.41, 5.74) is 7.02. The van der Waals surface area contributed by atoms with E-state index in [1.165, 1.54) is 25.7 Å². The van der Waals surface area contributed by atoms with Crippen LogP contribution in [0.3, 0.4) is 0 Å². The van der Waals surface area contributed by atoms with Gasteiger partial charge in [0, 0.05) is 6.04 Å². The molecule has 3 N–H and O–H groups in total. The van der Waals surface area contributed by atoms with E-state index in [1.54, 1.807) is 12.1 Å². The first-order valence-corrected chi connectivity index (χ1v) is 10.4. The van der Waals surface area contributed by atoms with Gasteiger partial charge in [-0.3, -0.25) is 4.99 Å². The number of nitrogens with two attached hydrogens (primary N) is 1. The van der Waals surface area contributed by atoms with Crippen molar-refractivity contribution in [2.75, 3.05) is 5.75 Å². The third-order valence-electron chi connectivity index (χ3n) is 4.39. The van der Waals surface area contributed by atoms with Crippen molar-refractivity contribution in [2.24, 2.45) is 10.7 Å². The first-order chi connectivity index (χ1) is 11.4. The molecule has 6 heteroatoms. The number of nitrogens with zero attached hydrogens (tertiary/aromatic N) is 1. The topological polar surface area (TPSA) is 84.5 Å². The number of rotatable bonds is 5. The van der Waals surface area contributed by atoms with Crippen LogP contribution in [0.2, 0.25) is 0 Å². The van der Waals surface area contributed by atoms with Crippen molar-refractivity contribution in [3.63, 3.8) is 0 Å². The second-order valence-corrected chi connectivity index (χ2v) is 8.83. The third kappa shape index (κ3) is 5.82. The summed E-state index contributed by atoms with van der Waals surface area (Å²) in [6.45, 7) is 3.76. The summed E-state index contributed by atoms with van der Waals surface area (Å²) in [5.74, 6) is 0.352. The van der Waals surface area contributed by atoms with Gasteiger partial charge >= 0.3 is 0 Å². The van der Waals surface area contributed by atoms with Gasteiger partial charge in [-0.05, 0) is 38.8 Å². The number of benzene rings is 1. The van der Waals surface area contributed by atoms with E-state index < -0.39 is 9.84 Å². The molecule has 1 aliphatic carbocycles. The zero-order chi connectivity index (χ0) is 17.6. The van der Waals surface area contributed by atoms with Gasteiger partial charge < -0.3 is 11.1 Å². The van der Waals surface area contributed by atoms with E-state index in [2.05, 4.69) is 10.3 Å². The van der Waals surface area contributed by atoms with E-state index >= 15 is 0 Å². The molecule has 0 heterocycles. The van der Waals surface area contributed by atoms with Crippen LogP contribution in [-0.2, 0) is 9.84 Å². The summed E-state index contributed by atoms with van der Waals surface area (Å²) in [5, 5.41) is 3.03. The number of nitrogens with one attached hydrogen (secondary N) is 1. The third-order valence-corrected chi connectivity index (χ3v) is 6.32. The molecule has 0 spiro atoms. The SMILES string of the molecule is Cc1ccc(S(=O)(=O)CC(C)NC(N)=NC2CCCCCC2)cc1. The van der Waals surface area contributed by atoms with Crippen molar-refractivity contribution in [3.05, 3.63) is 29.8 Å². The lowest BCUT2D eigenvalue weighted by molar-refractivity contribution is 0.573. The molecule has 0 aromatic heterocycles. The maximum absolute atomic E-state index is 12.5. The average molecular weight is 352 g/mol. The zero-order valence-corrected chi connectivity index (χ0v) is 15.5. The predicted molar refractivity (Wildman–Crippen MR) is 98.9 cm³/mol. The highest BCUT2D eigenvalue weighted by Gasteiger charge is 2.19. The van der Waals surface area contributed by atoms with E-state index in [1.807, 2.05) is 26.0 Å². The molecule has 1 unspecified atom stereocenters. The average Bonchev–Trinajstić information content (AvgIpc) is 2.75. The molecule has 5 nitrogen and oxygen atoms in total. The second-order valence-electron chi connectivity index (χ2n) is 6.80. The van der Waals surface area contributed by atoms with E-state index in [9.17, 15) is 8.42 Å². The number of aryl methyl sites for hydroxylation is 1. The highest BCUT2D eigenvalue weighted by molar-refractivity contribution is 7.91. The lowest BCUT2D eigenvalue weighted by Gasteiger charge is -2.17. The fourth-order valence-corrected chi connectivity index (χ4v) is 4.57. The highest BCUT2D eigenvalue weighted by atomic mass is 32.2. The van der Waals surface area contributed by atoms with Gasteiger partial charge in [-0.2, -0.15) is 0 Å². The molecule has 2 rings (SSSR count). The van der Waals surface area contributed by atoms with Crippen molar-refractivity contribution in [1.29, 1.82) is 0 Å². The Balaban J connectivity index is 1.93. The van der Waals surface area contributed by atoms with Gasteiger partial charge in [-0.15, -0.1) is 0 Å². The van der Waals surface area contributed by atoms with Crippen molar-refractivity contribution < 1.29 is 8.42 Å². The molecule has 1 fully saturated rings. The Morgan fingerprint density at radius 2 is 1.79 bits per heavy atom. The molecule has 24 heavy (non-hydrogen) atoms. The molecular weight excluding hydrogens is 322 g/mol. The predicted octanol–water partition coefficient (Wildman–Crippen LogP) is 2.78. The monoisotopic (exact) mass is 351 g/mol. The smallest absolute Gasteiger partial charge is 0.189 e. The maximum Gasteiger partial charge on any atom is 0.189 e. The molecule has 0 amide bonds. The van der Waals surface area contributed by atoms with Crippen molar-refractivity contribution >= 4 is 15.8 Å². The summed E-state index contributed by atoms with van der Waals surface area (Å²) < 4.78 is 24.9. The van der Waals surface area contributed by atoms with Crippen LogP contribution in [0.15, 0.2) is 34.2 Å². The van der Waals surface area contributed by atoms with Crippen molar-refractivity contribution in [1.82, 2.24) is 5.32 Å². The molecular formula is C18H29N3O2S. The summed E-state index contributed by atoms with van der Waals surface area (Å²) >= 11 is 0. The standard InChI is InChI=1S/C18H29N3O2S/c1-14-9-11-17(12-10-14)24(22,23)13-15(2)20-18(19)21-16-7-5-3-4-6-8-16/h9-12,15-16H,3-8,13H2,1-2H3,(H3,19,20,21). The van der Waals surface area contributed by atoms with E-state index in [0.29, 0.717) is 10.9 Å². The fraction of sp³-hybridized carbons (Fsp3) is 0.611. The van der Waals surface area contributed by atoms with E-state index in [0.717, 1.165) is 18.4 Å². The Morgan fingerprint density at radius 1 is 1.21 bits per heavy atom. The zero-order valence-electron chi connectivity index (χ0n) is 14.7. The van der Waals surface area contributed by atoms with Gasteiger partial charge in [-0.25, -0.2) is 8.42 Å². The van der Waals surface area contributed by atoms with Crippen LogP contribution in [0.1, 0.15) is 51.0 Å². The van der Waals surface area contributed by atoms with Crippen molar-refractivity contribution in [2.45, 2.75) is 69.4 Å². The molecule has 1 saturated carbocycles. The van der Waals surface area contributed by atoms with Crippen LogP contribution in [0.4, 0.5) is 0 Å². The minimum atomic E-state index is -3.33. The highest BCUT2D eigenvalue weighted by Crippen LogP contribution is 2.19. The molecule has 1 atom stereocenters. The molecule has 0 radical (unpaired) electrons. The Bertz CT molecular complexity index is 645. The van der Waals surface area contributed by atoms with Crippen LogP contribution in [0, 0.1) is 6.92 Å². The Labute approximate surface area is 145 Å². The number of hydrogen-bond donors (Lipinski definition) is 2. The largest absolute Gasteiger partial charge is 0.370 e. The lowest BCUT2D eigenvalue weighted by Crippen LogP contribution is -2.42. The summed E-state index contributed by atoms with van der Waals surface area (Å²) in [7, 11) is -3.33. The van der Waals surface area contributed by atoms with Gasteiger partial charge in [0.1, 0.15) is 0 Å². The minimum Gasteiger partial charge on any atom is -0.370 e. The number of sulfone groups is 1. The van der Waals surface area contributed by atoms with Gasteiger partial charge in [-0.1, -0.05) is 43.4 Å². The molecule has 1 aromatic carbocycles. The molecule has 1 aromatic rings. The molecule has 134 valence electrons. The number of hydrogen-bond acceptors (Lipinski definition) is 3. The number of guanidine groups is 1. The van der Waals surface area contributed by atoms with Gasteiger partial charge in [0.25, 0.3) is 0 Å². The Hall–Kier alpha value is -1.56. The summed E-state index contributed by atoms with van der Waals surface area (Å²) in [6, 6.07) is 6.91. The van der Waals surface area contributed by atoms with Crippen LogP contribution < -0.4 is 11.1 Å². The van der Waals surface area contributed by atoms with Gasteiger partial charge in [0.15, 0.2) is 15.8 Å². The van der Waals surface area contributed by atoms with Crippen LogP contribution in [0.25, 0.3) is 0 Å². The van der Waals surface area contributed by atoms with Crippen LogP contribution >= 0.6 is 0 Å². The fourth-order valence-electron chi connectivity index (χ4n) is 3.09. The summed E-state index contributed by atoms with van der Waals surface area (Å²) in [6.07, 6.45) is 7.06. The van der Waals surface area contributed by atoms with Crippen molar-refractivity contribution in [3.8, 4) is 0 Å². The lowest BCUT2D eigenvalue weighted by atomic mass is 10.1. The second kappa shape index (κ2) is 8.51.